The van der Waals surface area contributed by atoms with E-state index in [4.69, 9.17) is 0 Å². The first-order chi connectivity index (χ1) is 10.4. The molecular formula is C14H17F2N3O2S. The zero-order chi connectivity index (χ0) is 16.2. The highest BCUT2D eigenvalue weighted by Crippen LogP contribution is 2.14. The number of halogens is 2. The van der Waals surface area contributed by atoms with Gasteiger partial charge in [0.25, 0.3) is 0 Å². The van der Waals surface area contributed by atoms with Gasteiger partial charge in [-0.25, -0.2) is 13.4 Å². The normalized spacial score (nSPS) is 12.2. The Morgan fingerprint density at radius 3 is 2.59 bits per heavy atom. The monoisotopic (exact) mass is 329 g/mol. The lowest BCUT2D eigenvalue weighted by atomic mass is 10.4. The summed E-state index contributed by atoms with van der Waals surface area (Å²) >= 11 is 0. The molecular weight excluding hydrogens is 312 g/mol. The van der Waals surface area contributed by atoms with Crippen LogP contribution in [0.15, 0.2) is 47.6 Å². The van der Waals surface area contributed by atoms with Crippen LogP contribution in [0.4, 0.5) is 8.78 Å². The minimum atomic E-state index is -3.38. The summed E-state index contributed by atoms with van der Waals surface area (Å²) in [5.41, 5.74) is 0. The Morgan fingerprint density at radius 1 is 1.27 bits per heavy atom. The molecule has 0 saturated heterocycles. The number of hydrogen-bond acceptors (Lipinski definition) is 4. The third kappa shape index (κ3) is 4.11. The molecule has 0 saturated carbocycles. The average molecular weight is 329 g/mol. The zero-order valence-corrected chi connectivity index (χ0v) is 12.9. The van der Waals surface area contributed by atoms with Crippen LogP contribution in [0.1, 0.15) is 12.4 Å². The van der Waals surface area contributed by atoms with E-state index in [0.717, 1.165) is 4.57 Å². The number of rotatable bonds is 7. The van der Waals surface area contributed by atoms with Gasteiger partial charge in [-0.1, -0.05) is 18.2 Å². The Hall–Kier alpha value is -1.80. The Morgan fingerprint density at radius 2 is 1.95 bits per heavy atom. The predicted octanol–water partition coefficient (Wildman–Crippen LogP) is 2.18. The standard InChI is InChI=1S/C14H17F2N3O2S/c1-18(11-13-17-7-8-19(13)14(15)16)9-10-22(20,21)12-5-3-2-4-6-12/h2-8,14H,9-11H2,1H3. The summed E-state index contributed by atoms with van der Waals surface area (Å²) in [4.78, 5) is 5.79. The van der Waals surface area contributed by atoms with Crippen molar-refractivity contribution in [1.82, 2.24) is 14.5 Å². The van der Waals surface area contributed by atoms with E-state index in [1.54, 1.807) is 42.3 Å². The van der Waals surface area contributed by atoms with Crippen molar-refractivity contribution in [2.45, 2.75) is 18.0 Å². The molecule has 2 rings (SSSR count). The number of imidazole rings is 1. The fourth-order valence-corrected chi connectivity index (χ4v) is 3.35. The van der Waals surface area contributed by atoms with Gasteiger partial charge in [-0.2, -0.15) is 8.78 Å². The molecule has 1 heterocycles. The van der Waals surface area contributed by atoms with Crippen molar-refractivity contribution in [2.24, 2.45) is 0 Å². The second-order valence-corrected chi connectivity index (χ2v) is 7.01. The molecule has 1 aromatic carbocycles. The van der Waals surface area contributed by atoms with Crippen LogP contribution in [0.3, 0.4) is 0 Å². The number of aromatic nitrogens is 2. The van der Waals surface area contributed by atoms with Crippen LogP contribution in [0, 0.1) is 0 Å². The molecule has 2 aromatic rings. The second-order valence-electron chi connectivity index (χ2n) is 4.90. The van der Waals surface area contributed by atoms with E-state index in [-0.39, 0.29) is 29.6 Å². The summed E-state index contributed by atoms with van der Waals surface area (Å²) in [6, 6.07) is 8.15. The predicted molar refractivity (Wildman–Crippen MR) is 78.3 cm³/mol. The third-order valence-electron chi connectivity index (χ3n) is 3.21. The largest absolute Gasteiger partial charge is 0.319 e. The first-order valence-corrected chi connectivity index (χ1v) is 8.31. The van der Waals surface area contributed by atoms with E-state index >= 15 is 0 Å². The van der Waals surface area contributed by atoms with Gasteiger partial charge in [-0.3, -0.25) is 9.47 Å². The molecule has 8 heteroatoms. The Labute approximate surface area is 128 Å². The SMILES string of the molecule is CN(CCS(=O)(=O)c1ccccc1)Cc1nccn1C(F)F. The third-order valence-corrected chi connectivity index (χ3v) is 4.92. The van der Waals surface area contributed by atoms with Gasteiger partial charge in [-0.05, 0) is 19.2 Å². The topological polar surface area (TPSA) is 55.2 Å². The van der Waals surface area contributed by atoms with Crippen LogP contribution >= 0.6 is 0 Å². The van der Waals surface area contributed by atoms with Crippen LogP contribution in [0.25, 0.3) is 0 Å². The number of sulfone groups is 1. The average Bonchev–Trinajstić information content (AvgIpc) is 2.94. The van der Waals surface area contributed by atoms with Gasteiger partial charge in [0.2, 0.25) is 0 Å². The quantitative estimate of drug-likeness (QED) is 0.781. The highest BCUT2D eigenvalue weighted by Gasteiger charge is 2.17. The molecule has 0 unspecified atom stereocenters. The molecule has 0 radical (unpaired) electrons. The molecule has 1 aromatic heterocycles. The van der Waals surface area contributed by atoms with Gasteiger partial charge in [0.1, 0.15) is 5.82 Å². The second kappa shape index (κ2) is 6.97. The highest BCUT2D eigenvalue weighted by molar-refractivity contribution is 7.91. The fourth-order valence-electron chi connectivity index (χ4n) is 1.99. The van der Waals surface area contributed by atoms with Crippen molar-refractivity contribution in [3.05, 3.63) is 48.5 Å². The zero-order valence-electron chi connectivity index (χ0n) is 12.1. The maximum absolute atomic E-state index is 12.7. The lowest BCUT2D eigenvalue weighted by Crippen LogP contribution is -2.27. The molecule has 0 aliphatic rings. The van der Waals surface area contributed by atoms with Crippen molar-refractivity contribution in [1.29, 1.82) is 0 Å². The van der Waals surface area contributed by atoms with E-state index in [0.29, 0.717) is 0 Å². The summed E-state index contributed by atoms with van der Waals surface area (Å²) in [5, 5.41) is 0. The van der Waals surface area contributed by atoms with Gasteiger partial charge in [0, 0.05) is 18.9 Å². The molecule has 0 fully saturated rings. The lowest BCUT2D eigenvalue weighted by molar-refractivity contribution is 0.0647. The van der Waals surface area contributed by atoms with Crippen LogP contribution < -0.4 is 0 Å². The summed E-state index contributed by atoms with van der Waals surface area (Å²) < 4.78 is 50.5. The Balaban J connectivity index is 1.96. The van der Waals surface area contributed by atoms with Gasteiger partial charge in [0.15, 0.2) is 9.84 Å². The van der Waals surface area contributed by atoms with Crippen molar-refractivity contribution >= 4 is 9.84 Å². The molecule has 120 valence electrons. The van der Waals surface area contributed by atoms with E-state index in [1.807, 2.05) is 0 Å². The smallest absolute Gasteiger partial charge is 0.298 e. The molecule has 22 heavy (non-hydrogen) atoms. The van der Waals surface area contributed by atoms with Crippen molar-refractivity contribution in [3.8, 4) is 0 Å². The van der Waals surface area contributed by atoms with Gasteiger partial charge < -0.3 is 0 Å². The van der Waals surface area contributed by atoms with E-state index in [1.165, 1.54) is 12.4 Å². The molecule has 5 nitrogen and oxygen atoms in total. The number of nitrogens with zero attached hydrogens (tertiary/aromatic N) is 3. The van der Waals surface area contributed by atoms with Crippen molar-refractivity contribution < 1.29 is 17.2 Å². The van der Waals surface area contributed by atoms with E-state index in [2.05, 4.69) is 4.98 Å². The molecule has 0 amide bonds. The van der Waals surface area contributed by atoms with Crippen LogP contribution in [0.2, 0.25) is 0 Å². The fraction of sp³-hybridized carbons (Fsp3) is 0.357. The van der Waals surface area contributed by atoms with Crippen LogP contribution in [0.5, 0.6) is 0 Å². The summed E-state index contributed by atoms with van der Waals surface area (Å²) in [7, 11) is -1.71. The van der Waals surface area contributed by atoms with E-state index < -0.39 is 16.4 Å². The molecule has 0 bridgehead atoms. The van der Waals surface area contributed by atoms with Gasteiger partial charge >= 0.3 is 6.55 Å². The molecule has 0 atom stereocenters. The van der Waals surface area contributed by atoms with E-state index in [9.17, 15) is 17.2 Å². The van der Waals surface area contributed by atoms with Crippen LogP contribution in [-0.2, 0) is 16.4 Å². The lowest BCUT2D eigenvalue weighted by Gasteiger charge is -2.17. The Kier molecular flexibility index (Phi) is 5.25. The number of hydrogen-bond donors (Lipinski definition) is 0. The molecule has 0 aliphatic carbocycles. The van der Waals surface area contributed by atoms with Crippen molar-refractivity contribution in [3.63, 3.8) is 0 Å². The maximum atomic E-state index is 12.7. The minimum absolute atomic E-state index is 0.0805. The highest BCUT2D eigenvalue weighted by atomic mass is 32.2. The minimum Gasteiger partial charge on any atom is -0.298 e. The maximum Gasteiger partial charge on any atom is 0.319 e. The first kappa shape index (κ1) is 16.6. The Bertz CT molecular complexity index is 702. The van der Waals surface area contributed by atoms with Gasteiger partial charge in [0.05, 0.1) is 17.2 Å². The first-order valence-electron chi connectivity index (χ1n) is 6.66. The van der Waals surface area contributed by atoms with Crippen molar-refractivity contribution in [2.75, 3.05) is 19.3 Å². The molecule has 0 spiro atoms. The summed E-state index contributed by atoms with van der Waals surface area (Å²) in [6.45, 7) is -2.27. The van der Waals surface area contributed by atoms with Crippen LogP contribution in [-0.4, -0.2) is 42.2 Å². The summed E-state index contributed by atoms with van der Waals surface area (Å²) in [6.07, 6.45) is 2.50. The van der Waals surface area contributed by atoms with Gasteiger partial charge in [-0.15, -0.1) is 0 Å². The molecule has 0 aliphatic heterocycles. The molecule has 0 N–H and O–H groups in total. The number of benzene rings is 1. The number of alkyl halides is 2. The summed E-state index contributed by atoms with van der Waals surface area (Å²) in [5.74, 6) is 0.123.